The monoisotopic (exact) mass is 586 g/mol. The van der Waals surface area contributed by atoms with Crippen LogP contribution in [0.3, 0.4) is 0 Å². The second-order valence-electron chi connectivity index (χ2n) is 9.58. The summed E-state index contributed by atoms with van der Waals surface area (Å²) in [4.78, 5) is 0.269. The predicted molar refractivity (Wildman–Crippen MR) is 160 cm³/mol. The van der Waals surface area contributed by atoms with Crippen LogP contribution in [-0.2, 0) is 21.4 Å². The smallest absolute Gasteiger partial charge is 0.243 e. The van der Waals surface area contributed by atoms with Crippen LogP contribution in [0.5, 0.6) is 5.75 Å². The Morgan fingerprint density at radius 1 is 0.902 bits per heavy atom. The number of ether oxygens (including phenoxy) is 2. The van der Waals surface area contributed by atoms with Gasteiger partial charge in [-0.05, 0) is 59.2 Å². The van der Waals surface area contributed by atoms with Gasteiger partial charge in [0.2, 0.25) is 10.0 Å². The Morgan fingerprint density at radius 2 is 1.66 bits per heavy atom. The molecule has 1 saturated heterocycles. The van der Waals surface area contributed by atoms with E-state index in [1.54, 1.807) is 18.3 Å². The lowest BCUT2D eigenvalue weighted by molar-refractivity contribution is 0.0730. The Balaban J connectivity index is 1.18. The van der Waals surface area contributed by atoms with E-state index in [0.717, 1.165) is 33.5 Å². The average molecular weight is 587 g/mol. The molecule has 1 aliphatic rings. The fourth-order valence-corrected chi connectivity index (χ4v) is 6.32. The summed E-state index contributed by atoms with van der Waals surface area (Å²) in [6.07, 6.45) is 1.67. The first-order valence-corrected chi connectivity index (χ1v) is 15.0. The van der Waals surface area contributed by atoms with E-state index in [-0.39, 0.29) is 4.90 Å². The number of halogens is 1. The summed E-state index contributed by atoms with van der Waals surface area (Å²) in [6.45, 7) is 1.98. The summed E-state index contributed by atoms with van der Waals surface area (Å²) in [5.74, 6) is 0.604. The molecule has 0 radical (unpaired) electrons. The zero-order valence-corrected chi connectivity index (χ0v) is 23.6. The van der Waals surface area contributed by atoms with E-state index in [0.29, 0.717) is 49.2 Å². The molecule has 0 amide bonds. The van der Waals surface area contributed by atoms with Gasteiger partial charge in [0, 0.05) is 24.2 Å². The molecule has 0 bridgehead atoms. The first kappa shape index (κ1) is 27.2. The normalized spacial score (nSPS) is 14.2. The van der Waals surface area contributed by atoms with Gasteiger partial charge < -0.3 is 14.8 Å². The molecule has 2 heterocycles. The number of rotatable bonds is 8. The molecular weight excluding hydrogens is 560 g/mol. The SMILES string of the molecule is O=S(=O)(c1ccc(-c2ccc3c(Nc4ccc(OCc5ccccc5)c(Cl)c4)cnnc3c2)cc1)N1CCOCC1. The average Bonchev–Trinajstić information content (AvgIpc) is 3.01. The van der Waals surface area contributed by atoms with Crippen molar-refractivity contribution in [1.29, 1.82) is 0 Å². The zero-order valence-electron chi connectivity index (χ0n) is 22.0. The van der Waals surface area contributed by atoms with Gasteiger partial charge in [0.1, 0.15) is 12.4 Å². The van der Waals surface area contributed by atoms with Gasteiger partial charge >= 0.3 is 0 Å². The number of anilines is 2. The van der Waals surface area contributed by atoms with Crippen LogP contribution in [0, 0.1) is 0 Å². The number of hydrogen-bond donors (Lipinski definition) is 1. The number of hydrogen-bond acceptors (Lipinski definition) is 7. The number of morpholine rings is 1. The number of benzene rings is 4. The quantitative estimate of drug-likeness (QED) is 0.228. The van der Waals surface area contributed by atoms with Crippen molar-refractivity contribution in [1.82, 2.24) is 14.5 Å². The molecule has 6 rings (SSSR count). The molecular formula is C31H27ClN4O4S. The highest BCUT2D eigenvalue weighted by Crippen LogP contribution is 2.33. The first-order valence-electron chi connectivity index (χ1n) is 13.1. The van der Waals surface area contributed by atoms with E-state index in [1.807, 2.05) is 78.9 Å². The van der Waals surface area contributed by atoms with E-state index < -0.39 is 10.0 Å². The predicted octanol–water partition coefficient (Wildman–Crippen LogP) is 6.29. The van der Waals surface area contributed by atoms with Gasteiger partial charge in [0.25, 0.3) is 0 Å². The Morgan fingerprint density at radius 3 is 2.41 bits per heavy atom. The van der Waals surface area contributed by atoms with Crippen LogP contribution in [0.15, 0.2) is 102 Å². The third kappa shape index (κ3) is 6.03. The van der Waals surface area contributed by atoms with Crippen LogP contribution in [0.25, 0.3) is 22.0 Å². The molecule has 5 aromatic rings. The molecule has 4 aromatic carbocycles. The summed E-state index contributed by atoms with van der Waals surface area (Å²) >= 11 is 6.51. The van der Waals surface area contributed by atoms with Crippen molar-refractivity contribution in [2.45, 2.75) is 11.5 Å². The second kappa shape index (κ2) is 11.8. The number of fused-ring (bicyclic) bond motifs is 1. The molecule has 41 heavy (non-hydrogen) atoms. The molecule has 1 N–H and O–H groups in total. The van der Waals surface area contributed by atoms with Crippen molar-refractivity contribution in [3.8, 4) is 16.9 Å². The third-order valence-electron chi connectivity index (χ3n) is 6.88. The van der Waals surface area contributed by atoms with Crippen molar-refractivity contribution in [3.63, 3.8) is 0 Å². The Hall–Kier alpha value is -4.02. The van der Waals surface area contributed by atoms with Crippen LogP contribution < -0.4 is 10.1 Å². The van der Waals surface area contributed by atoms with Crippen molar-refractivity contribution in [3.05, 3.63) is 108 Å². The maximum atomic E-state index is 13.0. The molecule has 8 nitrogen and oxygen atoms in total. The maximum Gasteiger partial charge on any atom is 0.243 e. The summed E-state index contributed by atoms with van der Waals surface area (Å²) in [6, 6.07) is 28.3. The first-order chi connectivity index (χ1) is 20.0. The largest absolute Gasteiger partial charge is 0.487 e. The zero-order chi connectivity index (χ0) is 28.2. The molecule has 1 aliphatic heterocycles. The van der Waals surface area contributed by atoms with E-state index in [9.17, 15) is 8.42 Å². The molecule has 0 atom stereocenters. The van der Waals surface area contributed by atoms with Crippen molar-refractivity contribution < 1.29 is 17.9 Å². The van der Waals surface area contributed by atoms with Gasteiger partial charge in [-0.15, -0.1) is 0 Å². The van der Waals surface area contributed by atoms with E-state index in [1.165, 1.54) is 4.31 Å². The van der Waals surface area contributed by atoms with Crippen LogP contribution in [0.1, 0.15) is 5.56 Å². The number of nitrogens with zero attached hydrogens (tertiary/aromatic N) is 3. The van der Waals surface area contributed by atoms with E-state index in [4.69, 9.17) is 21.1 Å². The van der Waals surface area contributed by atoms with Crippen molar-refractivity contribution in [2.75, 3.05) is 31.6 Å². The van der Waals surface area contributed by atoms with Crippen LogP contribution in [0.4, 0.5) is 11.4 Å². The highest BCUT2D eigenvalue weighted by Gasteiger charge is 2.26. The van der Waals surface area contributed by atoms with Gasteiger partial charge in [-0.1, -0.05) is 60.1 Å². The summed E-state index contributed by atoms with van der Waals surface area (Å²) in [5, 5.41) is 13.3. The highest BCUT2D eigenvalue weighted by molar-refractivity contribution is 7.89. The fraction of sp³-hybridized carbons (Fsp3) is 0.161. The lowest BCUT2D eigenvalue weighted by Gasteiger charge is -2.26. The topological polar surface area (TPSA) is 93.7 Å². The minimum absolute atomic E-state index is 0.269. The number of nitrogens with one attached hydrogen (secondary N) is 1. The summed E-state index contributed by atoms with van der Waals surface area (Å²) in [5.41, 5.74) is 5.12. The number of aromatic nitrogens is 2. The van der Waals surface area contributed by atoms with Crippen LogP contribution >= 0.6 is 11.6 Å². The minimum Gasteiger partial charge on any atom is -0.487 e. The van der Waals surface area contributed by atoms with Crippen molar-refractivity contribution in [2.24, 2.45) is 0 Å². The second-order valence-corrected chi connectivity index (χ2v) is 11.9. The van der Waals surface area contributed by atoms with Gasteiger partial charge in [-0.25, -0.2) is 8.42 Å². The molecule has 0 aliphatic carbocycles. The molecule has 1 aromatic heterocycles. The molecule has 0 unspecified atom stereocenters. The highest BCUT2D eigenvalue weighted by atomic mass is 35.5. The Labute approximate surface area is 243 Å². The molecule has 0 saturated carbocycles. The fourth-order valence-electron chi connectivity index (χ4n) is 4.68. The Bertz CT molecular complexity index is 1780. The van der Waals surface area contributed by atoms with Crippen molar-refractivity contribution >= 4 is 43.9 Å². The molecule has 1 fully saturated rings. The van der Waals surface area contributed by atoms with Gasteiger partial charge in [0.15, 0.2) is 0 Å². The maximum absolute atomic E-state index is 13.0. The molecule has 0 spiro atoms. The third-order valence-corrected chi connectivity index (χ3v) is 9.09. The lowest BCUT2D eigenvalue weighted by atomic mass is 10.0. The van der Waals surface area contributed by atoms with E-state index >= 15 is 0 Å². The van der Waals surface area contributed by atoms with Crippen LogP contribution in [0.2, 0.25) is 5.02 Å². The standard InChI is InChI=1S/C31H27ClN4O4S/c32-28-19-25(9-13-31(28)40-21-22-4-2-1-3-5-22)34-30-20-33-35-29-18-24(8-12-27(29)30)23-6-10-26(11-7-23)41(37,38)36-14-16-39-17-15-36/h1-13,18-20H,14-17,21H2,(H,34,35). The Kier molecular flexibility index (Phi) is 7.84. The molecule has 208 valence electrons. The molecule has 10 heteroatoms. The van der Waals surface area contributed by atoms with Crippen LogP contribution in [-0.4, -0.2) is 49.2 Å². The van der Waals surface area contributed by atoms with Gasteiger partial charge in [-0.2, -0.15) is 14.5 Å². The number of sulfonamides is 1. The summed E-state index contributed by atoms with van der Waals surface area (Å²) < 4.78 is 38.6. The van der Waals surface area contributed by atoms with Gasteiger partial charge in [-0.3, -0.25) is 0 Å². The van der Waals surface area contributed by atoms with Gasteiger partial charge in [0.05, 0.1) is 40.5 Å². The minimum atomic E-state index is -3.55. The lowest BCUT2D eigenvalue weighted by Crippen LogP contribution is -2.40. The summed E-state index contributed by atoms with van der Waals surface area (Å²) in [7, 11) is -3.55. The van der Waals surface area contributed by atoms with E-state index in [2.05, 4.69) is 15.5 Å².